The maximum Gasteiger partial charge on any atom is 0.0873 e. The second kappa shape index (κ2) is 2.97. The molecule has 0 fully saturated rings. The van der Waals surface area contributed by atoms with Gasteiger partial charge in [-0.2, -0.15) is 0 Å². The van der Waals surface area contributed by atoms with E-state index in [2.05, 4.69) is 4.98 Å². The summed E-state index contributed by atoms with van der Waals surface area (Å²) >= 11 is 0. The molecule has 0 spiro atoms. The number of hydrogen-bond acceptors (Lipinski definition) is 1. The number of hydrogen-bond donors (Lipinski definition) is 0. The molecule has 0 amide bonds. The first-order chi connectivity index (χ1) is 4.43. The predicted octanol–water partition coefficient (Wildman–Crippen LogP) is 2.02. The minimum atomic E-state index is 0.497. The molecule has 1 rings (SSSR count). The fourth-order valence-electron chi connectivity index (χ4n) is 0.547. The second-order valence-corrected chi connectivity index (χ2v) is 1.58. The molecule has 0 saturated carbocycles. The van der Waals surface area contributed by atoms with Gasteiger partial charge in [0.15, 0.2) is 0 Å². The molecule has 1 nitrogen and oxygen atoms in total. The van der Waals surface area contributed by atoms with Crippen molar-refractivity contribution in [1.82, 2.24) is 4.98 Å². The molecule has 0 unspecified atom stereocenters. The van der Waals surface area contributed by atoms with Crippen molar-refractivity contribution < 1.29 is 4.39 Å². The summed E-state index contributed by atoms with van der Waals surface area (Å²) in [5.41, 5.74) is 0.778. The highest BCUT2D eigenvalue weighted by Gasteiger charge is 1.79. The van der Waals surface area contributed by atoms with Crippen LogP contribution in [0.15, 0.2) is 30.9 Å². The van der Waals surface area contributed by atoms with Crippen molar-refractivity contribution in [2.45, 2.75) is 0 Å². The third kappa shape index (κ3) is 1.64. The van der Waals surface area contributed by atoms with E-state index in [9.17, 15) is 4.39 Å². The lowest BCUT2D eigenvalue weighted by molar-refractivity contribution is 0.727. The zero-order valence-corrected chi connectivity index (χ0v) is 4.79. The van der Waals surface area contributed by atoms with Gasteiger partial charge < -0.3 is 0 Å². The van der Waals surface area contributed by atoms with Crippen LogP contribution in [0.1, 0.15) is 5.56 Å². The van der Waals surface area contributed by atoms with E-state index < -0.39 is 0 Å². The van der Waals surface area contributed by atoms with Crippen molar-refractivity contribution in [3.8, 4) is 0 Å². The summed E-state index contributed by atoms with van der Waals surface area (Å²) in [5.74, 6) is 0. The van der Waals surface area contributed by atoms with E-state index in [-0.39, 0.29) is 0 Å². The molecular weight excluding hydrogens is 117 g/mol. The topological polar surface area (TPSA) is 12.9 Å². The van der Waals surface area contributed by atoms with Gasteiger partial charge in [0.1, 0.15) is 0 Å². The van der Waals surface area contributed by atoms with Gasteiger partial charge in [0.25, 0.3) is 0 Å². The summed E-state index contributed by atoms with van der Waals surface area (Å²) in [6, 6.07) is 3.54. The fourth-order valence-corrected chi connectivity index (χ4v) is 0.547. The Balaban J connectivity index is 2.85. The van der Waals surface area contributed by atoms with E-state index >= 15 is 0 Å². The van der Waals surface area contributed by atoms with Crippen LogP contribution in [0.25, 0.3) is 6.08 Å². The van der Waals surface area contributed by atoms with Crippen molar-refractivity contribution in [2.75, 3.05) is 0 Å². The molecule has 0 atom stereocenters. The third-order valence-electron chi connectivity index (χ3n) is 0.940. The molecule has 1 heterocycles. The minimum absolute atomic E-state index is 0.497. The standard InChI is InChI=1S/C7H6FN/c8-4-3-7-2-1-5-9-6-7/h1-6H. The number of rotatable bonds is 1. The molecule has 0 bridgehead atoms. The number of aromatic nitrogens is 1. The molecule has 1 aromatic rings. The van der Waals surface area contributed by atoms with E-state index in [1.807, 2.05) is 0 Å². The van der Waals surface area contributed by atoms with Crippen LogP contribution in [0.3, 0.4) is 0 Å². The molecule has 2 heteroatoms. The van der Waals surface area contributed by atoms with Gasteiger partial charge in [-0.25, -0.2) is 4.39 Å². The highest BCUT2D eigenvalue weighted by Crippen LogP contribution is 1.97. The van der Waals surface area contributed by atoms with Gasteiger partial charge in [-0.3, -0.25) is 4.98 Å². The van der Waals surface area contributed by atoms with Crippen LogP contribution in [0.5, 0.6) is 0 Å². The monoisotopic (exact) mass is 123 g/mol. The summed E-state index contributed by atoms with van der Waals surface area (Å²) in [7, 11) is 0. The van der Waals surface area contributed by atoms with E-state index in [4.69, 9.17) is 0 Å². The van der Waals surface area contributed by atoms with Crippen LogP contribution in [-0.4, -0.2) is 4.98 Å². The van der Waals surface area contributed by atoms with Gasteiger partial charge in [0.2, 0.25) is 0 Å². The molecule has 9 heavy (non-hydrogen) atoms. The van der Waals surface area contributed by atoms with Crippen molar-refractivity contribution in [3.05, 3.63) is 36.4 Å². The summed E-state index contributed by atoms with van der Waals surface area (Å²) in [6.07, 6.45) is 5.09. The van der Waals surface area contributed by atoms with Gasteiger partial charge in [0, 0.05) is 12.4 Å². The average Bonchev–Trinajstić information content (AvgIpc) is 1.91. The Bertz CT molecular complexity index is 193. The van der Waals surface area contributed by atoms with E-state index in [0.29, 0.717) is 6.33 Å². The Hall–Kier alpha value is -1.18. The molecule has 0 aliphatic carbocycles. The summed E-state index contributed by atoms with van der Waals surface area (Å²) in [6.45, 7) is 0. The van der Waals surface area contributed by atoms with Crippen molar-refractivity contribution >= 4 is 6.08 Å². The minimum Gasteiger partial charge on any atom is -0.264 e. The highest BCUT2D eigenvalue weighted by molar-refractivity contribution is 5.45. The van der Waals surface area contributed by atoms with Crippen molar-refractivity contribution in [3.63, 3.8) is 0 Å². The summed E-state index contributed by atoms with van der Waals surface area (Å²) in [5, 5.41) is 0. The first-order valence-electron chi connectivity index (χ1n) is 2.60. The highest BCUT2D eigenvalue weighted by atomic mass is 19.1. The van der Waals surface area contributed by atoms with Crippen LogP contribution in [-0.2, 0) is 0 Å². The van der Waals surface area contributed by atoms with E-state index in [1.165, 1.54) is 6.08 Å². The zero-order chi connectivity index (χ0) is 6.53. The van der Waals surface area contributed by atoms with Gasteiger partial charge in [-0.1, -0.05) is 6.07 Å². The van der Waals surface area contributed by atoms with E-state index in [0.717, 1.165) is 5.56 Å². The average molecular weight is 123 g/mol. The Kier molecular flexibility index (Phi) is 1.96. The van der Waals surface area contributed by atoms with Crippen LogP contribution >= 0.6 is 0 Å². The Morgan fingerprint density at radius 3 is 3.00 bits per heavy atom. The maximum absolute atomic E-state index is 11.5. The van der Waals surface area contributed by atoms with Crippen LogP contribution in [0.2, 0.25) is 0 Å². The van der Waals surface area contributed by atoms with Gasteiger partial charge >= 0.3 is 0 Å². The van der Waals surface area contributed by atoms with Crippen molar-refractivity contribution in [2.24, 2.45) is 0 Å². The zero-order valence-electron chi connectivity index (χ0n) is 4.79. The smallest absolute Gasteiger partial charge is 0.0873 e. The van der Waals surface area contributed by atoms with Crippen LogP contribution < -0.4 is 0 Å². The van der Waals surface area contributed by atoms with E-state index in [1.54, 1.807) is 24.5 Å². The Labute approximate surface area is 52.9 Å². The Morgan fingerprint density at radius 2 is 2.44 bits per heavy atom. The lowest BCUT2D eigenvalue weighted by atomic mass is 10.3. The molecule has 46 valence electrons. The molecule has 0 saturated heterocycles. The fraction of sp³-hybridized carbons (Fsp3) is 0. The third-order valence-corrected chi connectivity index (χ3v) is 0.940. The van der Waals surface area contributed by atoms with Gasteiger partial charge in [-0.05, 0) is 17.7 Å². The largest absolute Gasteiger partial charge is 0.264 e. The normalized spacial score (nSPS) is 10.3. The molecule has 0 aliphatic rings. The first kappa shape index (κ1) is 5.95. The van der Waals surface area contributed by atoms with Crippen molar-refractivity contribution in [1.29, 1.82) is 0 Å². The lowest BCUT2D eigenvalue weighted by Gasteiger charge is -1.85. The van der Waals surface area contributed by atoms with Gasteiger partial charge in [0.05, 0.1) is 6.33 Å². The molecule has 0 aliphatic heterocycles. The first-order valence-corrected chi connectivity index (χ1v) is 2.60. The number of nitrogens with zero attached hydrogens (tertiary/aromatic N) is 1. The molecule has 1 aromatic heterocycles. The molecule has 0 aromatic carbocycles. The summed E-state index contributed by atoms with van der Waals surface area (Å²) in [4.78, 5) is 3.79. The quantitative estimate of drug-likeness (QED) is 0.556. The SMILES string of the molecule is FC=Cc1cccnc1. The number of pyridine rings is 1. The molecule has 0 radical (unpaired) electrons. The number of halogens is 1. The molecular formula is C7H6FN. The molecule has 0 N–H and O–H groups in total. The van der Waals surface area contributed by atoms with Crippen LogP contribution in [0.4, 0.5) is 4.39 Å². The van der Waals surface area contributed by atoms with Gasteiger partial charge in [-0.15, -0.1) is 0 Å². The Morgan fingerprint density at radius 1 is 1.56 bits per heavy atom. The lowest BCUT2D eigenvalue weighted by Crippen LogP contribution is -1.71. The van der Waals surface area contributed by atoms with Crippen LogP contribution in [0, 0.1) is 0 Å². The maximum atomic E-state index is 11.5. The summed E-state index contributed by atoms with van der Waals surface area (Å²) < 4.78 is 11.5. The second-order valence-electron chi connectivity index (χ2n) is 1.58. The predicted molar refractivity (Wildman–Crippen MR) is 34.4 cm³/mol.